The molecule has 88 heavy (non-hydrogen) atoms. The maximum Gasteiger partial charge on any atom is 0.403 e. The number of carbonyl (C=O) groups is 3. The van der Waals surface area contributed by atoms with Crippen molar-refractivity contribution >= 4 is 78.0 Å². The summed E-state index contributed by atoms with van der Waals surface area (Å²) in [5.41, 5.74) is 5.25. The first-order valence-corrected chi connectivity index (χ1v) is 34.1. The summed E-state index contributed by atoms with van der Waals surface area (Å²) in [6, 6.07) is 24.4. The molecule has 26 heteroatoms. The lowest BCUT2D eigenvalue weighted by molar-refractivity contribution is -0.141. The van der Waals surface area contributed by atoms with E-state index in [1.165, 1.54) is 47.7 Å². The molecular weight excluding hydrogens is 1220 g/mol. The van der Waals surface area contributed by atoms with Crippen molar-refractivity contribution in [2.45, 2.75) is 112 Å². The summed E-state index contributed by atoms with van der Waals surface area (Å²) in [5.74, 6) is -2.88. The Morgan fingerprint density at radius 2 is 1.68 bits per heavy atom. The number of nitrogens with one attached hydrogen (secondary N) is 2. The van der Waals surface area contributed by atoms with Gasteiger partial charge in [0, 0.05) is 112 Å². The fraction of sp³-hybridized carbons (Fsp3) is 0.500. The largest absolute Gasteiger partial charge is 0.489 e. The molecule has 1 aliphatic carbocycles. The zero-order chi connectivity index (χ0) is 62.8. The lowest BCUT2D eigenvalue weighted by Crippen LogP contribution is -2.57. The highest BCUT2D eigenvalue weighted by Crippen LogP contribution is 2.44. The summed E-state index contributed by atoms with van der Waals surface area (Å²) >= 11 is 7.69. The minimum absolute atomic E-state index is 0.00792. The van der Waals surface area contributed by atoms with Crippen LogP contribution in [0.3, 0.4) is 0 Å². The van der Waals surface area contributed by atoms with E-state index in [2.05, 4.69) is 56.3 Å². The Bertz CT molecular complexity index is 3520. The fourth-order valence-corrected chi connectivity index (χ4v) is 15.3. The molecule has 2 amide bonds. The van der Waals surface area contributed by atoms with Gasteiger partial charge in [-0.25, -0.2) is 21.6 Å². The number of rotatable bonds is 26. The van der Waals surface area contributed by atoms with Crippen molar-refractivity contribution in [3.8, 4) is 5.75 Å². The third-order valence-corrected chi connectivity index (χ3v) is 20.8. The number of hydrogen-bond donors (Lipinski definition) is 2. The Morgan fingerprint density at radius 1 is 0.932 bits per heavy atom. The molecule has 0 bridgehead atoms. The second-order valence-corrected chi connectivity index (χ2v) is 29.1. The van der Waals surface area contributed by atoms with Crippen LogP contribution in [0.15, 0.2) is 117 Å². The smallest absolute Gasteiger partial charge is 0.403 e. The van der Waals surface area contributed by atoms with Crippen molar-refractivity contribution in [2.24, 2.45) is 11.3 Å². The van der Waals surface area contributed by atoms with Gasteiger partial charge in [-0.3, -0.25) is 28.9 Å². The number of methoxy groups -OCH3 is 1. The van der Waals surface area contributed by atoms with E-state index in [4.69, 9.17) is 25.8 Å². The van der Waals surface area contributed by atoms with Gasteiger partial charge < -0.3 is 29.3 Å². The maximum atomic E-state index is 14.0. The van der Waals surface area contributed by atoms with Crippen molar-refractivity contribution < 1.29 is 58.6 Å². The number of fused-ring (bicyclic) bond motifs is 3. The number of anilines is 2. The Morgan fingerprint density at radius 3 is 2.42 bits per heavy atom. The van der Waals surface area contributed by atoms with Crippen LogP contribution in [0.5, 0.6) is 5.75 Å². The van der Waals surface area contributed by atoms with Gasteiger partial charge in [-0.2, -0.15) is 13.2 Å². The number of hydrogen-bond acceptors (Lipinski definition) is 17. The molecule has 19 nitrogen and oxygen atoms in total. The molecule has 4 heterocycles. The highest BCUT2D eigenvalue weighted by atomic mass is 35.5. The van der Waals surface area contributed by atoms with Gasteiger partial charge in [0.15, 0.2) is 15.6 Å². The molecule has 4 aromatic carbocycles. The number of benzene rings is 4. The standard InChI is InChI=1S/C62H77ClF3N9O10S3/c1-43(31-59(77)83-4)35-74-37-49(68-70-74)39-84-30-8-11-58(76)73-27-24-71(25-28-73)23-21-48(41-86-51-9-6-5-7-10-51)67-54-18-17-52(33-57(54)87(79,80)42-62(64,65)66)88(81,82)69-60(78)45-14-19-55-56(32-45)85-40-50-38-72(26-29-75(50)55)36-46-34-61(2,3)22-20-53(46)44-12-15-47(63)16-13-44/h5-7,9-10,12-19,32-33,37,43,48,50,67H,8,11,20-31,34-36,38-42H2,1-4H3,(H,69,78)/t43?,48-,50+/m1/s1. The molecule has 3 aliphatic heterocycles. The van der Waals surface area contributed by atoms with Gasteiger partial charge in [0.2, 0.25) is 5.91 Å². The summed E-state index contributed by atoms with van der Waals surface area (Å²) < 4.78 is 118. The maximum absolute atomic E-state index is 14.0. The molecule has 1 aromatic heterocycles. The third kappa shape index (κ3) is 18.2. The molecule has 476 valence electrons. The first-order chi connectivity index (χ1) is 41.9. The summed E-state index contributed by atoms with van der Waals surface area (Å²) in [4.78, 5) is 46.5. The minimum atomic E-state index is -5.23. The number of aromatic nitrogens is 3. The minimum Gasteiger partial charge on any atom is -0.489 e. The van der Waals surface area contributed by atoms with Gasteiger partial charge in [0.25, 0.3) is 15.9 Å². The molecule has 9 rings (SSSR count). The van der Waals surface area contributed by atoms with Gasteiger partial charge in [-0.05, 0) is 115 Å². The number of ether oxygens (including phenoxy) is 3. The van der Waals surface area contributed by atoms with Crippen LogP contribution in [0.25, 0.3) is 5.57 Å². The third-order valence-electron chi connectivity index (χ3n) is 16.3. The molecular formula is C62H77ClF3N9O10S3. The topological polar surface area (TPSA) is 215 Å². The number of allylic oxidation sites excluding steroid dienone is 1. The van der Waals surface area contributed by atoms with Crippen LogP contribution in [0, 0.1) is 11.3 Å². The molecule has 2 fully saturated rings. The Balaban J connectivity index is 0.809. The van der Waals surface area contributed by atoms with Gasteiger partial charge in [-0.1, -0.05) is 73.5 Å². The van der Waals surface area contributed by atoms with E-state index in [9.17, 15) is 44.4 Å². The van der Waals surface area contributed by atoms with Gasteiger partial charge >= 0.3 is 12.1 Å². The number of amides is 2. The number of piperazine rings is 2. The van der Waals surface area contributed by atoms with E-state index in [1.807, 2.05) is 54.1 Å². The van der Waals surface area contributed by atoms with Crippen LogP contribution in [0.2, 0.25) is 5.02 Å². The lowest BCUT2D eigenvalue weighted by Gasteiger charge is -2.46. The average Bonchev–Trinajstić information content (AvgIpc) is 1.29. The van der Waals surface area contributed by atoms with E-state index in [1.54, 1.807) is 21.8 Å². The van der Waals surface area contributed by atoms with Crippen molar-refractivity contribution in [3.63, 3.8) is 0 Å². The number of sulfonamides is 1. The molecule has 5 aromatic rings. The molecule has 4 aliphatic rings. The van der Waals surface area contributed by atoms with E-state index in [0.717, 1.165) is 61.6 Å². The fourth-order valence-electron chi connectivity index (χ4n) is 11.7. The number of thioether (sulfide) groups is 1. The molecule has 0 radical (unpaired) electrons. The summed E-state index contributed by atoms with van der Waals surface area (Å²) in [5, 5.41) is 12.1. The van der Waals surface area contributed by atoms with Crippen LogP contribution in [0.1, 0.15) is 87.3 Å². The van der Waals surface area contributed by atoms with Gasteiger partial charge in [-0.15, -0.1) is 16.9 Å². The highest BCUT2D eigenvalue weighted by molar-refractivity contribution is 7.99. The first-order valence-electron chi connectivity index (χ1n) is 29.6. The van der Waals surface area contributed by atoms with Crippen molar-refractivity contribution in [3.05, 3.63) is 125 Å². The van der Waals surface area contributed by atoms with Crippen molar-refractivity contribution in [1.29, 1.82) is 0 Å². The van der Waals surface area contributed by atoms with Crippen LogP contribution in [0.4, 0.5) is 24.5 Å². The Labute approximate surface area is 522 Å². The van der Waals surface area contributed by atoms with E-state index >= 15 is 0 Å². The molecule has 3 atom stereocenters. The lowest BCUT2D eigenvalue weighted by atomic mass is 9.72. The molecule has 0 saturated carbocycles. The van der Waals surface area contributed by atoms with Gasteiger partial charge in [0.1, 0.15) is 18.1 Å². The molecule has 2 N–H and O–H groups in total. The average molecular weight is 1300 g/mol. The zero-order valence-corrected chi connectivity index (χ0v) is 53.2. The monoisotopic (exact) mass is 1300 g/mol. The summed E-state index contributed by atoms with van der Waals surface area (Å²) in [6.45, 7) is 13.4. The van der Waals surface area contributed by atoms with Crippen molar-refractivity contribution in [2.75, 3.05) is 101 Å². The Hall–Kier alpha value is -6.22. The number of halogens is 4. The van der Waals surface area contributed by atoms with Crippen LogP contribution in [-0.2, 0) is 52.1 Å². The first kappa shape index (κ1) is 66.2. The number of alkyl halides is 3. The number of nitrogens with zero attached hydrogens (tertiary/aromatic N) is 7. The summed E-state index contributed by atoms with van der Waals surface area (Å²) in [7, 11) is -8.76. The zero-order valence-electron chi connectivity index (χ0n) is 50.0. The van der Waals surface area contributed by atoms with Gasteiger partial charge in [0.05, 0.1) is 47.1 Å². The number of carbonyl (C=O) groups excluding carboxylic acids is 3. The highest BCUT2D eigenvalue weighted by Gasteiger charge is 2.39. The second-order valence-electron chi connectivity index (χ2n) is 23.9. The second kappa shape index (κ2) is 29.2. The van der Waals surface area contributed by atoms with E-state index in [-0.39, 0.29) is 60.0 Å². The predicted molar refractivity (Wildman–Crippen MR) is 332 cm³/mol. The van der Waals surface area contributed by atoms with Crippen LogP contribution < -0.4 is 19.7 Å². The van der Waals surface area contributed by atoms with E-state index < -0.39 is 53.5 Å². The number of sulfone groups is 1. The molecule has 0 spiro atoms. The van der Waals surface area contributed by atoms with Crippen LogP contribution >= 0.6 is 23.4 Å². The quantitative estimate of drug-likeness (QED) is 0.0300. The van der Waals surface area contributed by atoms with Crippen molar-refractivity contribution in [1.82, 2.24) is 34.4 Å². The summed E-state index contributed by atoms with van der Waals surface area (Å²) in [6.07, 6.45) is 1.08. The van der Waals surface area contributed by atoms with Crippen LogP contribution in [-0.4, -0.2) is 173 Å². The molecule has 2 saturated heterocycles. The Kier molecular flexibility index (Phi) is 21.9. The normalized spacial score (nSPS) is 18.2. The molecule has 1 unspecified atom stereocenters. The predicted octanol–water partition coefficient (Wildman–Crippen LogP) is 9.24. The number of esters is 1. The SMILES string of the molecule is COC(=O)CC(C)Cn1cc(COCCCC(=O)N2CCN(CC[C@H](CSc3ccccc3)Nc3ccc(S(=O)(=O)NC(=O)c4ccc5c(c4)OC[C@@H]4CN(CC6=C(c7ccc(Cl)cc7)CCC(C)(C)C6)CCN54)cc3S(=O)(=O)CC(F)(F)F)CC2)nn1. The van der Waals surface area contributed by atoms with E-state index in [0.29, 0.717) is 100 Å².